The highest BCUT2D eigenvalue weighted by molar-refractivity contribution is 7.54. The topological polar surface area (TPSA) is 141 Å². The fourth-order valence-electron chi connectivity index (χ4n) is 3.49. The Bertz CT molecular complexity index is 1320. The first kappa shape index (κ1) is 31.9. The van der Waals surface area contributed by atoms with Gasteiger partial charge in [-0.05, 0) is 56.7 Å². The molecule has 12 heteroatoms. The molecule has 0 aliphatic heterocycles. The van der Waals surface area contributed by atoms with Crippen molar-refractivity contribution in [3.8, 4) is 11.5 Å². The second-order valence-electron chi connectivity index (χ2n) is 9.11. The predicted octanol–water partition coefficient (Wildman–Crippen LogP) is 6.18. The summed E-state index contributed by atoms with van der Waals surface area (Å²) in [7, 11) is -4.13. The summed E-state index contributed by atoms with van der Waals surface area (Å²) in [5, 5.41) is 0. The van der Waals surface area contributed by atoms with Crippen LogP contribution in [0.5, 0.6) is 11.5 Å². The molecule has 0 amide bonds. The summed E-state index contributed by atoms with van der Waals surface area (Å²) in [6.07, 6.45) is -2.70. The van der Waals surface area contributed by atoms with Gasteiger partial charge in [0.05, 0.1) is 23.7 Å². The third kappa shape index (κ3) is 11.1. The Labute approximate surface area is 243 Å². The molecule has 42 heavy (non-hydrogen) atoms. The zero-order chi connectivity index (χ0) is 30.4. The number of carbonyl (C=O) groups excluding carboxylic acids is 4. The molecule has 0 N–H and O–H groups in total. The molecular weight excluding hydrogens is 567 g/mol. The first-order chi connectivity index (χ1) is 20.1. The van der Waals surface area contributed by atoms with Gasteiger partial charge in [0.25, 0.3) is 0 Å². The zero-order valence-corrected chi connectivity index (χ0v) is 24.0. The molecule has 0 radical (unpaired) electrons. The molecule has 0 bridgehead atoms. The average molecular weight is 599 g/mol. The third-order valence-corrected chi connectivity index (χ3v) is 7.24. The van der Waals surface area contributed by atoms with Gasteiger partial charge in [0, 0.05) is 6.42 Å². The van der Waals surface area contributed by atoms with Gasteiger partial charge in [0.1, 0.15) is 11.5 Å². The van der Waals surface area contributed by atoms with Crippen molar-refractivity contribution >= 4 is 31.7 Å². The quantitative estimate of drug-likeness (QED) is 0.0690. The maximum Gasteiger partial charge on any atom is 0.511 e. The molecule has 0 saturated carbocycles. The van der Waals surface area contributed by atoms with Crippen LogP contribution in [0.2, 0.25) is 0 Å². The lowest BCUT2D eigenvalue weighted by atomic mass is 10.1. The van der Waals surface area contributed by atoms with Crippen LogP contribution in [-0.2, 0) is 33.1 Å². The lowest BCUT2D eigenvalue weighted by Crippen LogP contribution is -2.27. The van der Waals surface area contributed by atoms with Gasteiger partial charge in [-0.2, -0.15) is 0 Å². The van der Waals surface area contributed by atoms with Crippen LogP contribution in [0.3, 0.4) is 0 Å². The fourth-order valence-corrected chi connectivity index (χ4v) is 5.43. The molecule has 3 aromatic rings. The van der Waals surface area contributed by atoms with Crippen LogP contribution in [0.25, 0.3) is 0 Å². The van der Waals surface area contributed by atoms with Crippen LogP contribution in [0.1, 0.15) is 37.0 Å². The molecule has 222 valence electrons. The van der Waals surface area contributed by atoms with E-state index in [1.165, 1.54) is 12.1 Å². The molecule has 0 aliphatic carbocycles. The lowest BCUT2D eigenvalue weighted by Gasteiger charge is -2.24. The molecule has 11 nitrogen and oxygen atoms in total. The van der Waals surface area contributed by atoms with E-state index in [1.807, 2.05) is 0 Å². The first-order valence-electron chi connectivity index (χ1n) is 13.0. The second-order valence-corrected chi connectivity index (χ2v) is 11.1. The number of benzene rings is 3. The standard InChI is InChI=1S/C30H31O11P/c1-22(2)38-30(34)37-21-36-28(32)24(18-19-27(31)39-29(33)23-12-6-3-7-13-23)20-42(35,40-25-14-8-4-9-15-25)41-26-16-10-5-11-17-26/h3-17,22,24H,18-21H2,1-2H3. The van der Waals surface area contributed by atoms with Crippen molar-refractivity contribution in [3.63, 3.8) is 0 Å². The van der Waals surface area contributed by atoms with Crippen LogP contribution < -0.4 is 9.05 Å². The summed E-state index contributed by atoms with van der Waals surface area (Å²) in [6.45, 7) is 2.44. The van der Waals surface area contributed by atoms with E-state index in [2.05, 4.69) is 0 Å². The molecule has 3 rings (SSSR count). The van der Waals surface area contributed by atoms with Crippen molar-refractivity contribution in [1.82, 2.24) is 0 Å². The summed E-state index contributed by atoms with van der Waals surface area (Å²) in [5.74, 6) is -3.55. The number of carbonyl (C=O) groups is 4. The van der Waals surface area contributed by atoms with Gasteiger partial charge in [-0.15, -0.1) is 0 Å². The summed E-state index contributed by atoms with van der Waals surface area (Å²) in [4.78, 5) is 49.5. The van der Waals surface area contributed by atoms with Crippen LogP contribution in [0, 0.1) is 5.92 Å². The van der Waals surface area contributed by atoms with E-state index in [9.17, 15) is 23.7 Å². The van der Waals surface area contributed by atoms with Gasteiger partial charge in [-0.1, -0.05) is 54.6 Å². The van der Waals surface area contributed by atoms with E-state index in [0.29, 0.717) is 0 Å². The Morgan fingerprint density at radius 2 is 1.26 bits per heavy atom. The first-order valence-corrected chi connectivity index (χ1v) is 14.7. The SMILES string of the molecule is CC(C)OC(=O)OCOC(=O)C(CCC(=O)OC(=O)c1ccccc1)CP(=O)(Oc1ccccc1)Oc1ccccc1. The normalized spacial score (nSPS) is 11.6. The monoisotopic (exact) mass is 598 g/mol. The molecule has 0 spiro atoms. The summed E-state index contributed by atoms with van der Waals surface area (Å²) in [6, 6.07) is 24.3. The van der Waals surface area contributed by atoms with Crippen LogP contribution in [-0.4, -0.2) is 43.1 Å². The van der Waals surface area contributed by atoms with E-state index >= 15 is 0 Å². The molecule has 0 saturated heterocycles. The van der Waals surface area contributed by atoms with E-state index in [0.717, 1.165) is 0 Å². The van der Waals surface area contributed by atoms with Crippen molar-refractivity contribution in [2.24, 2.45) is 5.92 Å². The molecule has 0 heterocycles. The van der Waals surface area contributed by atoms with Crippen molar-refractivity contribution < 1.29 is 51.7 Å². The van der Waals surface area contributed by atoms with Gasteiger partial charge in [-0.25, -0.2) is 14.2 Å². The van der Waals surface area contributed by atoms with E-state index < -0.39 is 63.1 Å². The lowest BCUT2D eigenvalue weighted by molar-refractivity contribution is -0.158. The second kappa shape index (κ2) is 16.0. The maximum atomic E-state index is 14.0. The van der Waals surface area contributed by atoms with E-state index in [4.69, 9.17) is 28.0 Å². The van der Waals surface area contributed by atoms with Gasteiger partial charge >= 0.3 is 31.7 Å². The molecule has 0 aromatic heterocycles. The Morgan fingerprint density at radius 1 is 0.738 bits per heavy atom. The van der Waals surface area contributed by atoms with Gasteiger partial charge < -0.3 is 28.0 Å². The largest absolute Gasteiger partial charge is 0.511 e. The van der Waals surface area contributed by atoms with Crippen molar-refractivity contribution in [3.05, 3.63) is 96.6 Å². The average Bonchev–Trinajstić information content (AvgIpc) is 2.96. The van der Waals surface area contributed by atoms with Crippen LogP contribution in [0.4, 0.5) is 4.79 Å². The highest BCUT2D eigenvalue weighted by Crippen LogP contribution is 2.50. The highest BCUT2D eigenvalue weighted by atomic mass is 31.2. The predicted molar refractivity (Wildman–Crippen MR) is 150 cm³/mol. The molecule has 1 atom stereocenters. The number of rotatable bonds is 14. The molecule has 3 aromatic carbocycles. The Morgan fingerprint density at radius 3 is 1.79 bits per heavy atom. The fraction of sp³-hybridized carbons (Fsp3) is 0.267. The molecule has 0 aliphatic rings. The van der Waals surface area contributed by atoms with Crippen molar-refractivity contribution in [2.75, 3.05) is 13.0 Å². The minimum atomic E-state index is -4.13. The van der Waals surface area contributed by atoms with Gasteiger partial charge in [0.15, 0.2) is 0 Å². The third-order valence-electron chi connectivity index (χ3n) is 5.38. The number of para-hydroxylation sites is 2. The highest BCUT2D eigenvalue weighted by Gasteiger charge is 2.37. The van der Waals surface area contributed by atoms with Gasteiger partial charge in [-0.3, -0.25) is 9.59 Å². The smallest absolute Gasteiger partial charge is 0.431 e. The molecular formula is C30H31O11P. The Hall–Kier alpha value is -4.63. The summed E-state index contributed by atoms with van der Waals surface area (Å²) < 4.78 is 45.1. The minimum absolute atomic E-state index is 0.171. The maximum absolute atomic E-state index is 14.0. The molecule has 0 fully saturated rings. The molecule has 1 unspecified atom stereocenters. The number of ether oxygens (including phenoxy) is 4. The van der Waals surface area contributed by atoms with Crippen LogP contribution >= 0.6 is 7.60 Å². The number of esters is 3. The van der Waals surface area contributed by atoms with Crippen LogP contribution in [0.15, 0.2) is 91.0 Å². The van der Waals surface area contributed by atoms with Crippen molar-refractivity contribution in [1.29, 1.82) is 0 Å². The minimum Gasteiger partial charge on any atom is -0.431 e. The zero-order valence-electron chi connectivity index (χ0n) is 23.1. The number of hydrogen-bond acceptors (Lipinski definition) is 11. The Balaban J connectivity index is 1.76. The van der Waals surface area contributed by atoms with E-state index in [1.54, 1.807) is 92.7 Å². The van der Waals surface area contributed by atoms with Crippen molar-refractivity contribution in [2.45, 2.75) is 32.8 Å². The Kier molecular flexibility index (Phi) is 12.1. The summed E-state index contributed by atoms with van der Waals surface area (Å²) in [5.41, 5.74) is 0.171. The number of hydrogen-bond donors (Lipinski definition) is 0. The van der Waals surface area contributed by atoms with E-state index in [-0.39, 0.29) is 23.5 Å². The summed E-state index contributed by atoms with van der Waals surface area (Å²) >= 11 is 0. The van der Waals surface area contributed by atoms with Gasteiger partial charge in [0.2, 0.25) is 6.79 Å².